The molecule has 0 unspecified atom stereocenters. The Hall–Kier alpha value is -2.68. The summed E-state index contributed by atoms with van der Waals surface area (Å²) in [4.78, 5) is 50.1. The van der Waals surface area contributed by atoms with E-state index in [1.54, 1.807) is 21.1 Å². The van der Waals surface area contributed by atoms with E-state index in [1.807, 2.05) is 13.8 Å². The molecule has 1 amide bonds. The number of ether oxygens (including phenoxy) is 4. The van der Waals surface area contributed by atoms with Gasteiger partial charge in [0.1, 0.15) is 24.9 Å². The molecule has 0 aromatic carbocycles. The van der Waals surface area contributed by atoms with Crippen LogP contribution in [0.15, 0.2) is 28.5 Å². The van der Waals surface area contributed by atoms with Crippen molar-refractivity contribution in [2.75, 3.05) is 27.4 Å². The van der Waals surface area contributed by atoms with Crippen LogP contribution in [0, 0.1) is 29.6 Å². The minimum Gasteiger partial charge on any atom is -0.456 e. The van der Waals surface area contributed by atoms with Gasteiger partial charge in [-0.15, -0.1) is 0 Å². The van der Waals surface area contributed by atoms with Crippen molar-refractivity contribution in [3.63, 3.8) is 0 Å². The minimum atomic E-state index is -2.48. The highest BCUT2D eigenvalue weighted by atomic mass is 16.7. The summed E-state index contributed by atoms with van der Waals surface area (Å²) >= 11 is 0. The minimum absolute atomic E-state index is 0.0840. The van der Waals surface area contributed by atoms with Crippen LogP contribution in [-0.4, -0.2) is 119 Å². The van der Waals surface area contributed by atoms with Gasteiger partial charge in [-0.05, 0) is 108 Å². The zero-order valence-electron chi connectivity index (χ0n) is 37.4. The number of rotatable bonds is 9. The lowest BCUT2D eigenvalue weighted by molar-refractivity contribution is -0.302. The number of amides is 1. The number of unbranched alkanes of at least 4 members (excludes halogenated alkanes) is 1. The van der Waals surface area contributed by atoms with Crippen molar-refractivity contribution in [2.45, 2.75) is 187 Å². The molecule has 4 rings (SSSR count). The number of cyclic esters (lactones) is 1. The maximum Gasteiger partial charge on any atom is 0.329 e. The zero-order valence-corrected chi connectivity index (χ0v) is 37.4. The largest absolute Gasteiger partial charge is 0.456 e. The van der Waals surface area contributed by atoms with Crippen LogP contribution in [-0.2, 0) is 38.2 Å². The highest BCUT2D eigenvalue weighted by Crippen LogP contribution is 2.39. The number of aliphatic hydroxyl groups excluding tert-OH is 2. The molecule has 0 aromatic heterocycles. The van der Waals surface area contributed by atoms with Gasteiger partial charge >= 0.3 is 5.97 Å². The highest BCUT2D eigenvalue weighted by molar-refractivity contribution is 6.39. The Morgan fingerprint density at radius 2 is 1.66 bits per heavy atom. The first-order chi connectivity index (χ1) is 28.1. The van der Waals surface area contributed by atoms with Crippen molar-refractivity contribution in [3.05, 3.63) is 23.3 Å². The van der Waals surface area contributed by atoms with E-state index in [4.69, 9.17) is 23.8 Å². The third-order valence-corrected chi connectivity index (χ3v) is 13.3. The number of hydrogen-bond acceptors (Lipinski definition) is 12. The molecule has 11 atom stereocenters. The summed E-state index contributed by atoms with van der Waals surface area (Å²) in [5.41, 5.74) is 2.60. The molecule has 1 aliphatic carbocycles. The SMILES string of the molecule is CCCCO/N=C1/C[C@H](O)[C@@H](C)[C@@H](/C(C)=C/[C@H]2CC[C@H](O)CC2)OC(=O)[C@@H]2CCCCN2C(=O)C(=O)[C@]2(O)O[C@H]([C@@H](OC)C[C@@H](C)C/C(C)=C/[C@H]1CC)[C@@H](OC)C[C@H]2C. The lowest BCUT2D eigenvalue weighted by Gasteiger charge is -2.47. The van der Waals surface area contributed by atoms with Gasteiger partial charge in [0.2, 0.25) is 5.79 Å². The standard InChI is InChI=1S/C46H76N2O11/c1-10-12-21-57-47-36-27-38(50)32(7)41(30(5)25-33-16-18-35(49)19-17-33)58-45(53)37-15-13-14-20-48(37)44(52)43(51)46(54)31(6)26-40(56-9)42(59-46)39(55-8)24-29(4)22-28(3)23-34(36)11-2/h23,25,29,31-35,37-42,49-50,54H,10-22,24,26-27H2,1-9H3/b28-23+,30-25+,47-36-/t29-,31+,32+,33-,34+,35-,37-,38-,39-,40-,41+,42+,46+/m0/s1. The Morgan fingerprint density at radius 1 is 0.983 bits per heavy atom. The van der Waals surface area contributed by atoms with Gasteiger partial charge in [0.05, 0.1) is 30.1 Å². The van der Waals surface area contributed by atoms with E-state index < -0.39 is 71.8 Å². The second-order valence-electron chi connectivity index (χ2n) is 18.1. The summed E-state index contributed by atoms with van der Waals surface area (Å²) in [5.74, 6) is -6.56. The first kappa shape index (κ1) is 49.0. The number of piperidine rings is 1. The van der Waals surface area contributed by atoms with Crippen molar-refractivity contribution in [1.82, 2.24) is 4.90 Å². The second kappa shape index (κ2) is 23.0. The Kier molecular flexibility index (Phi) is 19.1. The fourth-order valence-corrected chi connectivity index (χ4v) is 9.57. The zero-order chi connectivity index (χ0) is 43.4. The molecule has 4 aliphatic rings. The van der Waals surface area contributed by atoms with Crippen LogP contribution < -0.4 is 0 Å². The van der Waals surface area contributed by atoms with Crippen LogP contribution in [0.3, 0.4) is 0 Å². The van der Waals surface area contributed by atoms with Crippen molar-refractivity contribution < 1.29 is 53.5 Å². The number of methoxy groups -OCH3 is 2. The molecule has 13 heteroatoms. The number of nitrogens with zero attached hydrogens (tertiary/aromatic N) is 2. The summed E-state index contributed by atoms with van der Waals surface area (Å²) in [6, 6.07) is -1.09. The van der Waals surface area contributed by atoms with Crippen LogP contribution >= 0.6 is 0 Å². The monoisotopic (exact) mass is 833 g/mol. The van der Waals surface area contributed by atoms with E-state index >= 15 is 0 Å². The number of carbonyl (C=O) groups is 3. The molecule has 1 saturated carbocycles. The molecule has 336 valence electrons. The van der Waals surface area contributed by atoms with Crippen molar-refractivity contribution in [2.24, 2.45) is 34.7 Å². The van der Waals surface area contributed by atoms with E-state index in [1.165, 1.54) is 4.90 Å². The molecular formula is C46H76N2O11. The number of allylic oxidation sites excluding steroid dienone is 3. The van der Waals surface area contributed by atoms with Gasteiger partial charge in [-0.2, -0.15) is 0 Å². The summed E-state index contributed by atoms with van der Waals surface area (Å²) in [6.45, 7) is 14.4. The number of carbonyl (C=O) groups excluding carboxylic acids is 3. The van der Waals surface area contributed by atoms with E-state index in [-0.39, 0.29) is 49.7 Å². The number of hydrogen-bond donors (Lipinski definition) is 3. The number of esters is 1. The second-order valence-corrected chi connectivity index (χ2v) is 18.1. The van der Waals surface area contributed by atoms with Gasteiger partial charge < -0.3 is 44.0 Å². The predicted molar refractivity (Wildman–Crippen MR) is 225 cm³/mol. The van der Waals surface area contributed by atoms with Gasteiger partial charge in [0.15, 0.2) is 0 Å². The number of ketones is 1. The Bertz CT molecular complexity index is 1470. The maximum atomic E-state index is 14.4. The van der Waals surface area contributed by atoms with Crippen molar-refractivity contribution >= 4 is 23.4 Å². The molecule has 3 aliphatic heterocycles. The molecule has 3 N–H and O–H groups in total. The van der Waals surface area contributed by atoms with Crippen LogP contribution in [0.2, 0.25) is 0 Å². The van der Waals surface area contributed by atoms with Crippen LogP contribution in [0.25, 0.3) is 0 Å². The molecule has 0 aromatic rings. The van der Waals surface area contributed by atoms with Crippen LogP contribution in [0.1, 0.15) is 138 Å². The highest BCUT2D eigenvalue weighted by Gasteiger charge is 2.56. The molecule has 0 spiro atoms. The van der Waals surface area contributed by atoms with Gasteiger partial charge in [0, 0.05) is 44.9 Å². The molecule has 13 nitrogen and oxygen atoms in total. The number of Topliss-reactive ketones (excluding diaryl/α,β-unsaturated/α-hetero) is 1. The predicted octanol–water partition coefficient (Wildman–Crippen LogP) is 6.45. The van der Waals surface area contributed by atoms with Crippen molar-refractivity contribution in [3.8, 4) is 0 Å². The third kappa shape index (κ3) is 12.7. The molecule has 3 heterocycles. The van der Waals surface area contributed by atoms with Crippen LogP contribution in [0.4, 0.5) is 0 Å². The van der Waals surface area contributed by atoms with Crippen molar-refractivity contribution in [1.29, 1.82) is 0 Å². The third-order valence-electron chi connectivity index (χ3n) is 13.3. The quantitative estimate of drug-likeness (QED) is 0.0766. The van der Waals surface area contributed by atoms with Gasteiger partial charge in [-0.3, -0.25) is 9.59 Å². The summed E-state index contributed by atoms with van der Waals surface area (Å²) in [7, 11) is 3.12. The lowest BCUT2D eigenvalue weighted by atomic mass is 9.82. The molecule has 3 fully saturated rings. The number of oxime groups is 1. The summed E-state index contributed by atoms with van der Waals surface area (Å²) in [5, 5.41) is 39.0. The fraction of sp³-hybridized carbons (Fsp3) is 0.826. The first-order valence-electron chi connectivity index (χ1n) is 22.5. The van der Waals surface area contributed by atoms with Crippen LogP contribution in [0.5, 0.6) is 0 Å². The average molecular weight is 833 g/mol. The summed E-state index contributed by atoms with van der Waals surface area (Å²) < 4.78 is 24.5. The normalized spacial score (nSPS) is 39.4. The topological polar surface area (TPSA) is 174 Å². The van der Waals surface area contributed by atoms with Gasteiger partial charge in [0.25, 0.3) is 11.7 Å². The van der Waals surface area contributed by atoms with E-state index in [9.17, 15) is 29.7 Å². The molecule has 2 bridgehead atoms. The Labute approximate surface area is 353 Å². The molecule has 2 saturated heterocycles. The lowest BCUT2D eigenvalue weighted by Crippen LogP contribution is -2.64. The van der Waals surface area contributed by atoms with Gasteiger partial charge in [-0.25, -0.2) is 4.79 Å². The number of fused-ring (bicyclic) bond motifs is 3. The first-order valence-corrected chi connectivity index (χ1v) is 22.5. The molecule has 0 radical (unpaired) electrons. The smallest absolute Gasteiger partial charge is 0.329 e. The molecule has 59 heavy (non-hydrogen) atoms. The Balaban J connectivity index is 1.81. The number of aliphatic hydroxyl groups is 3. The summed E-state index contributed by atoms with van der Waals surface area (Å²) in [6.07, 6.45) is 8.73. The Morgan fingerprint density at radius 3 is 2.31 bits per heavy atom. The van der Waals surface area contributed by atoms with Gasteiger partial charge in [-0.1, -0.05) is 63.9 Å². The molecular weight excluding hydrogens is 757 g/mol. The van der Waals surface area contributed by atoms with E-state index in [2.05, 4.69) is 45.0 Å². The average Bonchev–Trinajstić information content (AvgIpc) is 3.22. The van der Waals surface area contributed by atoms with E-state index in [0.29, 0.717) is 50.8 Å². The maximum absolute atomic E-state index is 14.4. The van der Waals surface area contributed by atoms with E-state index in [0.717, 1.165) is 43.3 Å². The fourth-order valence-electron chi connectivity index (χ4n) is 9.57.